The zero-order chi connectivity index (χ0) is 42.6. The van der Waals surface area contributed by atoms with Crippen molar-refractivity contribution in [1.29, 1.82) is 0 Å². The van der Waals surface area contributed by atoms with Crippen LogP contribution in [0, 0.1) is 5.92 Å². The normalized spacial score (nSPS) is 19.4. The summed E-state index contributed by atoms with van der Waals surface area (Å²) in [6.45, 7) is 37.6. The molecule has 306 valence electrons. The van der Waals surface area contributed by atoms with Crippen molar-refractivity contribution >= 4 is 57.2 Å². The van der Waals surface area contributed by atoms with Crippen LogP contribution in [-0.4, -0.2) is 6.71 Å². The van der Waals surface area contributed by atoms with E-state index in [1.165, 1.54) is 90.3 Å². The van der Waals surface area contributed by atoms with E-state index >= 15 is 0 Å². The van der Waals surface area contributed by atoms with Crippen molar-refractivity contribution in [2.24, 2.45) is 5.92 Å². The van der Waals surface area contributed by atoms with Gasteiger partial charge in [0.25, 0.3) is 6.71 Å². The monoisotopic (exact) mass is 781 g/mol. The van der Waals surface area contributed by atoms with Gasteiger partial charge >= 0.3 is 0 Å². The second-order valence-corrected chi connectivity index (χ2v) is 22.8. The Morgan fingerprint density at radius 3 is 1.61 bits per heavy atom. The van der Waals surface area contributed by atoms with Gasteiger partial charge in [-0.3, -0.25) is 0 Å². The minimum absolute atomic E-state index is 0.00100. The van der Waals surface area contributed by atoms with Gasteiger partial charge in [0.1, 0.15) is 0 Å². The highest BCUT2D eigenvalue weighted by Gasteiger charge is 2.45. The molecule has 1 aliphatic carbocycles. The molecule has 0 saturated heterocycles. The summed E-state index contributed by atoms with van der Waals surface area (Å²) in [5.74, 6) is 0.620. The lowest BCUT2D eigenvalue weighted by Crippen LogP contribution is -2.61. The molecule has 0 bridgehead atoms. The van der Waals surface area contributed by atoms with E-state index in [1.807, 2.05) is 0 Å². The van der Waals surface area contributed by atoms with Crippen LogP contribution in [0.4, 0.5) is 34.1 Å². The van der Waals surface area contributed by atoms with Crippen LogP contribution in [0.2, 0.25) is 0 Å². The van der Waals surface area contributed by atoms with E-state index in [2.05, 4.69) is 210 Å². The second kappa shape index (κ2) is 14.0. The fourth-order valence-corrected chi connectivity index (χ4v) is 10.6. The molecular weight excluding hydrogens is 711 g/mol. The standard InChI is InChI=1S/C56H69BN2/c1-16-56(34-36(2)28-37(3)35-56)40-23-27-48-46(33-40)57-45-32-39(53(7,8)9)22-26-47(45)58(43-24-20-38(21-25-43)52(4,5)6)49-18-17-19-50(51(49)57)59(48)44-30-41(54(10,11)12)29-42(31-44)55(13,14)15/h17-27,29-33,37H,2,16,28,34-35H2,1,3-15H3. The molecule has 1 saturated carbocycles. The highest BCUT2D eigenvalue weighted by molar-refractivity contribution is 7.00. The van der Waals surface area contributed by atoms with Crippen LogP contribution >= 0.6 is 0 Å². The molecule has 5 aromatic rings. The van der Waals surface area contributed by atoms with Crippen LogP contribution in [0.3, 0.4) is 0 Å². The smallest absolute Gasteiger partial charge is 0.252 e. The summed E-state index contributed by atoms with van der Waals surface area (Å²) in [5.41, 5.74) is 20.2. The Morgan fingerprint density at radius 2 is 1.08 bits per heavy atom. The van der Waals surface area contributed by atoms with Crippen molar-refractivity contribution < 1.29 is 0 Å². The Kier molecular flexibility index (Phi) is 9.81. The van der Waals surface area contributed by atoms with E-state index in [9.17, 15) is 0 Å². The predicted molar refractivity (Wildman–Crippen MR) is 259 cm³/mol. The van der Waals surface area contributed by atoms with Crippen LogP contribution in [0.5, 0.6) is 0 Å². The van der Waals surface area contributed by atoms with Gasteiger partial charge in [0.05, 0.1) is 0 Å². The van der Waals surface area contributed by atoms with Gasteiger partial charge in [0.15, 0.2) is 0 Å². The second-order valence-electron chi connectivity index (χ2n) is 22.8. The molecule has 59 heavy (non-hydrogen) atoms. The molecular formula is C56H69BN2. The maximum atomic E-state index is 4.61. The van der Waals surface area contributed by atoms with Gasteiger partial charge in [0, 0.05) is 34.1 Å². The molecule has 0 radical (unpaired) electrons. The van der Waals surface area contributed by atoms with Crippen LogP contribution < -0.4 is 26.2 Å². The zero-order valence-corrected chi connectivity index (χ0v) is 38.8. The SMILES string of the molecule is C=C1CC(C)CC(CC)(c2ccc3c(c2)B2c4cc(C(C)(C)C)ccc4N(c4ccc(C(C)(C)C)cc4)c4cccc(c42)N3c2cc(C(C)(C)C)cc(C(C)(C)C)c2)C1. The van der Waals surface area contributed by atoms with E-state index in [0.717, 1.165) is 19.3 Å². The van der Waals surface area contributed by atoms with Crippen molar-refractivity contribution in [3.8, 4) is 0 Å². The number of allylic oxidation sites excluding steroid dienone is 1. The first-order valence-corrected chi connectivity index (χ1v) is 22.5. The highest BCUT2D eigenvalue weighted by atomic mass is 15.2. The molecule has 3 heteroatoms. The Hall–Kier alpha value is -4.50. The van der Waals surface area contributed by atoms with Crippen LogP contribution in [0.15, 0.2) is 109 Å². The molecule has 1 fully saturated rings. The maximum Gasteiger partial charge on any atom is 0.252 e. The molecule has 5 aromatic carbocycles. The minimum Gasteiger partial charge on any atom is -0.311 e. The summed E-state index contributed by atoms with van der Waals surface area (Å²) in [6.07, 6.45) is 4.50. The topological polar surface area (TPSA) is 6.48 Å². The third-order valence-electron chi connectivity index (χ3n) is 14.0. The summed E-state index contributed by atoms with van der Waals surface area (Å²) in [7, 11) is 0. The zero-order valence-electron chi connectivity index (χ0n) is 38.8. The summed E-state index contributed by atoms with van der Waals surface area (Å²) >= 11 is 0. The first-order chi connectivity index (χ1) is 27.5. The molecule has 2 heterocycles. The predicted octanol–water partition coefficient (Wildman–Crippen LogP) is 14.0. The van der Waals surface area contributed by atoms with Gasteiger partial charge in [-0.15, -0.1) is 0 Å². The first-order valence-electron chi connectivity index (χ1n) is 22.5. The summed E-state index contributed by atoms with van der Waals surface area (Å²) in [4.78, 5) is 5.18. The van der Waals surface area contributed by atoms with Crippen LogP contribution in [0.25, 0.3) is 0 Å². The molecule has 0 aromatic heterocycles. The average Bonchev–Trinajstić information content (AvgIpc) is 3.15. The molecule has 2 unspecified atom stereocenters. The van der Waals surface area contributed by atoms with Crippen LogP contribution in [0.1, 0.15) is 150 Å². The third-order valence-corrected chi connectivity index (χ3v) is 14.0. The summed E-state index contributed by atoms with van der Waals surface area (Å²) < 4.78 is 0. The highest BCUT2D eigenvalue weighted by Crippen LogP contribution is 2.49. The average molecular weight is 781 g/mol. The van der Waals surface area contributed by atoms with Crippen molar-refractivity contribution in [3.63, 3.8) is 0 Å². The Morgan fingerprint density at radius 1 is 0.576 bits per heavy atom. The largest absolute Gasteiger partial charge is 0.311 e. The molecule has 8 rings (SSSR count). The van der Waals surface area contributed by atoms with Gasteiger partial charge in [-0.05, 0) is 151 Å². The molecule has 0 spiro atoms. The lowest BCUT2D eigenvalue weighted by molar-refractivity contribution is 0.271. The summed E-state index contributed by atoms with van der Waals surface area (Å²) in [6, 6.07) is 38.8. The van der Waals surface area contributed by atoms with E-state index in [4.69, 9.17) is 0 Å². The summed E-state index contributed by atoms with van der Waals surface area (Å²) in [5, 5.41) is 0. The lowest BCUT2D eigenvalue weighted by Gasteiger charge is -2.46. The van der Waals surface area contributed by atoms with Crippen molar-refractivity contribution in [1.82, 2.24) is 0 Å². The number of benzene rings is 5. The van der Waals surface area contributed by atoms with E-state index in [0.29, 0.717) is 5.92 Å². The fourth-order valence-electron chi connectivity index (χ4n) is 10.6. The molecule has 2 nitrogen and oxygen atoms in total. The minimum atomic E-state index is -0.0109. The van der Waals surface area contributed by atoms with E-state index in [-0.39, 0.29) is 33.8 Å². The number of fused-ring (bicyclic) bond motifs is 4. The fraction of sp³-hybridized carbons (Fsp3) is 0.429. The van der Waals surface area contributed by atoms with Crippen LogP contribution in [-0.2, 0) is 27.1 Å². The number of hydrogen-bond donors (Lipinski definition) is 0. The number of anilines is 6. The van der Waals surface area contributed by atoms with Gasteiger partial charge < -0.3 is 9.80 Å². The molecule has 2 aliphatic heterocycles. The van der Waals surface area contributed by atoms with Gasteiger partial charge in [-0.2, -0.15) is 0 Å². The number of rotatable bonds is 4. The van der Waals surface area contributed by atoms with E-state index < -0.39 is 0 Å². The van der Waals surface area contributed by atoms with Gasteiger partial charge in [0.2, 0.25) is 0 Å². The van der Waals surface area contributed by atoms with Gasteiger partial charge in [-0.1, -0.05) is 158 Å². The van der Waals surface area contributed by atoms with Crippen molar-refractivity contribution in [2.75, 3.05) is 9.80 Å². The maximum absolute atomic E-state index is 4.61. The first kappa shape index (κ1) is 41.2. The number of nitrogens with zero attached hydrogens (tertiary/aromatic N) is 2. The quantitative estimate of drug-likeness (QED) is 0.130. The lowest BCUT2D eigenvalue weighted by atomic mass is 9.33. The molecule has 0 amide bonds. The molecule has 2 atom stereocenters. The van der Waals surface area contributed by atoms with Crippen molar-refractivity contribution in [3.05, 3.63) is 137 Å². The number of hydrogen-bond acceptors (Lipinski definition) is 2. The van der Waals surface area contributed by atoms with Gasteiger partial charge in [-0.25, -0.2) is 0 Å². The third kappa shape index (κ3) is 7.19. The van der Waals surface area contributed by atoms with Crippen molar-refractivity contribution in [2.45, 2.75) is 150 Å². The Bertz CT molecular complexity index is 2410. The Labute approximate surface area is 358 Å². The molecule has 3 aliphatic rings. The molecule has 0 N–H and O–H groups in total. The Balaban J connectivity index is 1.47. The van der Waals surface area contributed by atoms with E-state index in [1.54, 1.807) is 0 Å².